The van der Waals surface area contributed by atoms with E-state index in [-0.39, 0.29) is 11.2 Å². The van der Waals surface area contributed by atoms with Crippen molar-refractivity contribution in [3.8, 4) is 11.4 Å². The van der Waals surface area contributed by atoms with Crippen LogP contribution >= 0.6 is 23.4 Å². The Balaban J connectivity index is 1.89. The summed E-state index contributed by atoms with van der Waals surface area (Å²) in [5, 5.41) is 10.1. The van der Waals surface area contributed by atoms with E-state index < -0.39 is 0 Å². The van der Waals surface area contributed by atoms with Crippen LogP contribution in [0, 0.1) is 0 Å². The van der Waals surface area contributed by atoms with Crippen LogP contribution in [-0.4, -0.2) is 43.8 Å². The number of nitrogens with zero attached hydrogens (tertiary/aromatic N) is 7. The fourth-order valence-corrected chi connectivity index (χ4v) is 3.55. The molecule has 8 nitrogen and oxygen atoms in total. The molecule has 0 spiro atoms. The maximum Gasteiger partial charge on any atom is 0.229 e. The summed E-state index contributed by atoms with van der Waals surface area (Å²) in [5.74, 6) is 2.14. The summed E-state index contributed by atoms with van der Waals surface area (Å²) >= 11 is 7.51. The van der Waals surface area contributed by atoms with E-state index in [2.05, 4.69) is 36.6 Å². The lowest BCUT2D eigenvalue weighted by Crippen LogP contribution is -2.16. The first kappa shape index (κ1) is 19.4. The van der Waals surface area contributed by atoms with Gasteiger partial charge in [0.25, 0.3) is 0 Å². The molecule has 3 aromatic rings. The van der Waals surface area contributed by atoms with Crippen molar-refractivity contribution in [3.05, 3.63) is 35.1 Å². The molecule has 0 aliphatic carbocycles. The van der Waals surface area contributed by atoms with Crippen molar-refractivity contribution in [1.29, 1.82) is 0 Å². The van der Waals surface area contributed by atoms with Crippen LogP contribution in [0.1, 0.15) is 24.9 Å². The van der Waals surface area contributed by atoms with Crippen LogP contribution in [0.25, 0.3) is 11.4 Å². The van der Waals surface area contributed by atoms with Gasteiger partial charge in [-0.25, -0.2) is 0 Å². The molecule has 142 valence electrons. The third-order valence-corrected chi connectivity index (χ3v) is 5.17. The quantitative estimate of drug-likeness (QED) is 0.624. The number of thioether (sulfide) groups is 1. The van der Waals surface area contributed by atoms with Gasteiger partial charge in [0.15, 0.2) is 11.0 Å². The average Bonchev–Trinajstić information content (AvgIpc) is 3.04. The molecular weight excluding hydrogens is 384 g/mol. The molecule has 0 saturated carbocycles. The molecule has 27 heavy (non-hydrogen) atoms. The standard InChI is InChI=1S/C17H21ClN8S/c1-5-26-14(11-6-8-12(18)9-7-11)23-24-17(26)27-10(2)13-20-15(19)22-16(21-13)25(3)4/h6-10H,5H2,1-4H3,(H2,19,20,21,22). The van der Waals surface area contributed by atoms with Crippen molar-refractivity contribution in [3.63, 3.8) is 0 Å². The summed E-state index contributed by atoms with van der Waals surface area (Å²) < 4.78 is 2.06. The highest BCUT2D eigenvalue weighted by atomic mass is 35.5. The van der Waals surface area contributed by atoms with Crippen LogP contribution < -0.4 is 10.6 Å². The van der Waals surface area contributed by atoms with Crippen molar-refractivity contribution in [2.45, 2.75) is 30.8 Å². The number of nitrogens with two attached hydrogens (primary N) is 1. The number of rotatable bonds is 6. The van der Waals surface area contributed by atoms with E-state index in [1.54, 1.807) is 4.90 Å². The molecule has 0 amide bonds. The van der Waals surface area contributed by atoms with Gasteiger partial charge in [-0.2, -0.15) is 15.0 Å². The molecule has 2 heterocycles. The summed E-state index contributed by atoms with van der Waals surface area (Å²) in [4.78, 5) is 14.7. The minimum Gasteiger partial charge on any atom is -0.368 e. The molecule has 1 unspecified atom stereocenters. The fraction of sp³-hybridized carbons (Fsp3) is 0.353. The van der Waals surface area contributed by atoms with Crippen LogP contribution in [-0.2, 0) is 6.54 Å². The Morgan fingerprint density at radius 2 is 1.85 bits per heavy atom. The minimum absolute atomic E-state index is 0.0680. The summed E-state index contributed by atoms with van der Waals surface area (Å²) in [7, 11) is 3.73. The predicted octanol–water partition coefficient (Wildman–Crippen LogP) is 3.30. The van der Waals surface area contributed by atoms with Gasteiger partial charge in [-0.1, -0.05) is 23.4 Å². The Morgan fingerprint density at radius 1 is 1.15 bits per heavy atom. The van der Waals surface area contributed by atoms with E-state index in [1.807, 2.05) is 45.3 Å². The van der Waals surface area contributed by atoms with Crippen molar-refractivity contribution < 1.29 is 0 Å². The molecule has 0 aliphatic heterocycles. The summed E-state index contributed by atoms with van der Waals surface area (Å²) in [5.41, 5.74) is 6.80. The number of anilines is 2. The Hall–Kier alpha value is -2.39. The number of aromatic nitrogens is 6. The number of benzene rings is 1. The van der Waals surface area contributed by atoms with Crippen LogP contribution in [0.5, 0.6) is 0 Å². The van der Waals surface area contributed by atoms with Gasteiger partial charge in [0, 0.05) is 31.2 Å². The second kappa shape index (κ2) is 8.10. The van der Waals surface area contributed by atoms with Crippen molar-refractivity contribution >= 4 is 35.3 Å². The first-order valence-corrected chi connectivity index (χ1v) is 9.69. The number of hydrogen-bond donors (Lipinski definition) is 1. The summed E-state index contributed by atoms with van der Waals surface area (Å²) in [6.07, 6.45) is 0. The van der Waals surface area contributed by atoms with E-state index >= 15 is 0 Å². The smallest absolute Gasteiger partial charge is 0.229 e. The summed E-state index contributed by atoms with van der Waals surface area (Å²) in [6.45, 7) is 4.81. The summed E-state index contributed by atoms with van der Waals surface area (Å²) in [6, 6.07) is 7.56. The molecule has 2 aromatic heterocycles. The van der Waals surface area contributed by atoms with Gasteiger partial charge >= 0.3 is 0 Å². The highest BCUT2D eigenvalue weighted by Crippen LogP contribution is 2.34. The lowest BCUT2D eigenvalue weighted by molar-refractivity contribution is 0.684. The number of nitrogen functional groups attached to an aromatic ring is 1. The maximum absolute atomic E-state index is 5.98. The lowest BCUT2D eigenvalue weighted by atomic mass is 10.2. The van der Waals surface area contributed by atoms with Gasteiger partial charge in [-0.05, 0) is 38.1 Å². The third kappa shape index (κ3) is 4.30. The maximum atomic E-state index is 5.98. The first-order valence-electron chi connectivity index (χ1n) is 8.43. The Morgan fingerprint density at radius 3 is 2.48 bits per heavy atom. The zero-order chi connectivity index (χ0) is 19.6. The highest BCUT2D eigenvalue weighted by Gasteiger charge is 2.20. The SMILES string of the molecule is CCn1c(SC(C)c2nc(N)nc(N(C)C)n2)nnc1-c1ccc(Cl)cc1. The molecule has 0 saturated heterocycles. The van der Waals surface area contributed by atoms with Crippen molar-refractivity contribution in [2.24, 2.45) is 0 Å². The molecule has 0 aliphatic rings. The second-order valence-corrected chi connectivity index (χ2v) is 7.81. The normalized spacial score (nSPS) is 12.2. The average molecular weight is 405 g/mol. The van der Waals surface area contributed by atoms with E-state index in [0.717, 1.165) is 23.1 Å². The zero-order valence-corrected chi connectivity index (χ0v) is 17.2. The molecule has 0 bridgehead atoms. The highest BCUT2D eigenvalue weighted by molar-refractivity contribution is 7.99. The van der Waals surface area contributed by atoms with Gasteiger partial charge in [-0.15, -0.1) is 10.2 Å². The molecule has 0 fully saturated rings. The van der Waals surface area contributed by atoms with E-state index in [1.165, 1.54) is 11.8 Å². The van der Waals surface area contributed by atoms with Crippen LogP contribution in [0.4, 0.5) is 11.9 Å². The molecule has 10 heteroatoms. The topological polar surface area (TPSA) is 98.6 Å². The fourth-order valence-electron chi connectivity index (χ4n) is 2.46. The van der Waals surface area contributed by atoms with E-state index in [4.69, 9.17) is 17.3 Å². The Kier molecular flexibility index (Phi) is 5.81. The van der Waals surface area contributed by atoms with Crippen LogP contribution in [0.3, 0.4) is 0 Å². The molecular formula is C17H21ClN8S. The monoisotopic (exact) mass is 404 g/mol. The van der Waals surface area contributed by atoms with Gasteiger partial charge in [0.05, 0.1) is 5.25 Å². The van der Waals surface area contributed by atoms with Crippen LogP contribution in [0.2, 0.25) is 5.02 Å². The largest absolute Gasteiger partial charge is 0.368 e. The van der Waals surface area contributed by atoms with Gasteiger partial charge in [0.2, 0.25) is 11.9 Å². The van der Waals surface area contributed by atoms with E-state index in [9.17, 15) is 0 Å². The third-order valence-electron chi connectivity index (χ3n) is 3.84. The molecule has 1 aromatic carbocycles. The van der Waals surface area contributed by atoms with Crippen molar-refractivity contribution in [2.75, 3.05) is 24.7 Å². The second-order valence-electron chi connectivity index (χ2n) is 6.06. The molecule has 3 rings (SSSR count). The van der Waals surface area contributed by atoms with Gasteiger partial charge < -0.3 is 15.2 Å². The zero-order valence-electron chi connectivity index (χ0n) is 15.6. The molecule has 1 atom stereocenters. The van der Waals surface area contributed by atoms with Crippen molar-refractivity contribution in [1.82, 2.24) is 29.7 Å². The molecule has 2 N–H and O–H groups in total. The van der Waals surface area contributed by atoms with Crippen LogP contribution in [0.15, 0.2) is 29.4 Å². The minimum atomic E-state index is -0.0680. The Bertz CT molecular complexity index is 925. The number of halogens is 1. The van der Waals surface area contributed by atoms with E-state index in [0.29, 0.717) is 16.8 Å². The Labute approximate surface area is 167 Å². The molecule has 0 radical (unpaired) electrons. The predicted molar refractivity (Wildman–Crippen MR) is 109 cm³/mol. The first-order chi connectivity index (χ1) is 12.9. The lowest BCUT2D eigenvalue weighted by Gasteiger charge is -2.15. The van der Waals surface area contributed by atoms with Gasteiger partial charge in [0.1, 0.15) is 5.82 Å². The number of hydrogen-bond acceptors (Lipinski definition) is 8. The van der Waals surface area contributed by atoms with Gasteiger partial charge in [-0.3, -0.25) is 0 Å².